The highest BCUT2D eigenvalue weighted by Gasteiger charge is 2.35. The van der Waals surface area contributed by atoms with Crippen molar-refractivity contribution in [3.05, 3.63) is 58.1 Å². The molecule has 136 valence electrons. The number of hydrogen-bond acceptors (Lipinski definition) is 5. The van der Waals surface area contributed by atoms with Crippen LogP contribution < -0.4 is 5.32 Å². The van der Waals surface area contributed by atoms with E-state index in [-0.39, 0.29) is 30.9 Å². The minimum Gasteiger partial charge on any atom is -0.391 e. The Labute approximate surface area is 160 Å². The van der Waals surface area contributed by atoms with Crippen LogP contribution in [0.25, 0.3) is 0 Å². The smallest absolute Gasteiger partial charge is 0.255 e. The van der Waals surface area contributed by atoms with Gasteiger partial charge in [0.2, 0.25) is 0 Å². The molecule has 1 saturated heterocycles. The predicted octanol–water partition coefficient (Wildman–Crippen LogP) is 1.79. The van der Waals surface area contributed by atoms with E-state index in [2.05, 4.69) is 15.3 Å². The number of likely N-dealkylation sites (tertiary alicyclic amines) is 1. The van der Waals surface area contributed by atoms with Crippen LogP contribution in [0, 0.1) is 0 Å². The Bertz CT molecular complexity index is 833. The summed E-state index contributed by atoms with van der Waals surface area (Å²) in [5.74, 6) is -0.640. The van der Waals surface area contributed by atoms with Gasteiger partial charge in [-0.1, -0.05) is 23.2 Å². The number of nitrogens with zero attached hydrogens (tertiary/aromatic N) is 3. The molecule has 26 heavy (non-hydrogen) atoms. The maximum Gasteiger partial charge on any atom is 0.255 e. The Kier molecular flexibility index (Phi) is 5.70. The molecule has 0 bridgehead atoms. The Morgan fingerprint density at radius 1 is 1.12 bits per heavy atom. The van der Waals surface area contributed by atoms with E-state index in [1.807, 2.05) is 0 Å². The van der Waals surface area contributed by atoms with E-state index in [1.165, 1.54) is 41.8 Å². The summed E-state index contributed by atoms with van der Waals surface area (Å²) < 4.78 is 0. The second-order valence-electron chi connectivity index (χ2n) is 5.99. The number of halogens is 2. The largest absolute Gasteiger partial charge is 0.391 e. The molecular formula is C17H16Cl2N4O3. The second-order valence-corrected chi connectivity index (χ2v) is 6.87. The summed E-state index contributed by atoms with van der Waals surface area (Å²) in [6.07, 6.45) is 5.42. The van der Waals surface area contributed by atoms with E-state index in [0.717, 1.165) is 0 Å². The number of β-amino-alcohol motifs (C(OH)–C–C–N with tert-alkyl or cyclic N) is 1. The lowest BCUT2D eigenvalue weighted by Crippen LogP contribution is -2.43. The molecule has 3 rings (SSSR count). The average molecular weight is 395 g/mol. The topological polar surface area (TPSA) is 95.4 Å². The molecule has 1 aliphatic heterocycles. The summed E-state index contributed by atoms with van der Waals surface area (Å²) in [5.41, 5.74) is 0.662. The molecule has 2 aromatic rings. The fraction of sp³-hybridized carbons (Fsp3) is 0.294. The highest BCUT2D eigenvalue weighted by molar-refractivity contribution is 6.31. The van der Waals surface area contributed by atoms with Crippen molar-refractivity contribution in [3.8, 4) is 0 Å². The molecule has 9 heteroatoms. The van der Waals surface area contributed by atoms with Gasteiger partial charge in [-0.15, -0.1) is 0 Å². The molecule has 0 aromatic carbocycles. The van der Waals surface area contributed by atoms with Gasteiger partial charge in [0, 0.05) is 37.9 Å². The monoisotopic (exact) mass is 394 g/mol. The summed E-state index contributed by atoms with van der Waals surface area (Å²) in [4.78, 5) is 34.2. The van der Waals surface area contributed by atoms with Gasteiger partial charge in [0.15, 0.2) is 0 Å². The van der Waals surface area contributed by atoms with E-state index in [0.29, 0.717) is 27.6 Å². The van der Waals surface area contributed by atoms with Crippen molar-refractivity contribution in [3.63, 3.8) is 0 Å². The lowest BCUT2D eigenvalue weighted by Gasteiger charge is -2.24. The molecule has 2 aromatic heterocycles. The quantitative estimate of drug-likeness (QED) is 0.823. The first kappa shape index (κ1) is 18.6. The predicted molar refractivity (Wildman–Crippen MR) is 96.3 cm³/mol. The van der Waals surface area contributed by atoms with Gasteiger partial charge in [-0.2, -0.15) is 0 Å². The Morgan fingerprint density at radius 3 is 2.38 bits per heavy atom. The maximum absolute atomic E-state index is 12.7. The molecule has 1 aliphatic rings. The first-order chi connectivity index (χ1) is 12.4. The number of carbonyl (C=O) groups is 2. The highest BCUT2D eigenvalue weighted by Crippen LogP contribution is 2.21. The minimum atomic E-state index is -0.652. The van der Waals surface area contributed by atoms with E-state index < -0.39 is 6.10 Å². The number of carbonyl (C=O) groups excluding carboxylic acids is 2. The fourth-order valence-electron chi connectivity index (χ4n) is 2.88. The number of aliphatic hydroxyl groups excluding tert-OH is 1. The van der Waals surface area contributed by atoms with Gasteiger partial charge in [-0.05, 0) is 18.6 Å². The number of aromatic nitrogens is 2. The number of nitrogens with one attached hydrogen (secondary N) is 1. The molecule has 2 N–H and O–H groups in total. The van der Waals surface area contributed by atoms with Crippen LogP contribution in [0.5, 0.6) is 0 Å². The molecule has 0 spiro atoms. The van der Waals surface area contributed by atoms with Gasteiger partial charge in [0.25, 0.3) is 11.8 Å². The summed E-state index contributed by atoms with van der Waals surface area (Å²) in [6.45, 7) is 0.382. The zero-order chi connectivity index (χ0) is 18.7. The molecule has 1 fully saturated rings. The zero-order valence-corrected chi connectivity index (χ0v) is 15.1. The number of aliphatic hydroxyl groups is 1. The average Bonchev–Trinajstić information content (AvgIpc) is 2.99. The summed E-state index contributed by atoms with van der Waals surface area (Å²) in [5, 5.41) is 13.4. The number of amides is 2. The van der Waals surface area contributed by atoms with Gasteiger partial charge >= 0.3 is 0 Å². The molecule has 0 aliphatic carbocycles. The van der Waals surface area contributed by atoms with Crippen LogP contribution in [0.1, 0.15) is 27.1 Å². The molecule has 3 heterocycles. The van der Waals surface area contributed by atoms with Crippen molar-refractivity contribution in [1.82, 2.24) is 20.2 Å². The van der Waals surface area contributed by atoms with Gasteiger partial charge in [-0.3, -0.25) is 19.6 Å². The van der Waals surface area contributed by atoms with Crippen molar-refractivity contribution >= 4 is 35.0 Å². The van der Waals surface area contributed by atoms with Crippen molar-refractivity contribution in [2.75, 3.05) is 13.1 Å². The Balaban J connectivity index is 1.68. The first-order valence-electron chi connectivity index (χ1n) is 7.92. The first-order valence-corrected chi connectivity index (χ1v) is 8.68. The molecule has 0 unspecified atom stereocenters. The standard InChI is InChI=1S/C17H16Cl2N4O3/c18-12-1-10(4-20-6-12)16(25)22-8-14-3-15(24)9-23(14)17(26)11-2-13(19)7-21-5-11/h1-2,4-7,14-15,24H,3,8-9H2,(H,22,25)/t14-,15+/m0/s1. The summed E-state index contributed by atoms with van der Waals surface area (Å²) in [7, 11) is 0. The third-order valence-corrected chi connectivity index (χ3v) is 4.48. The molecule has 0 radical (unpaired) electrons. The van der Waals surface area contributed by atoms with Crippen LogP contribution in [-0.2, 0) is 0 Å². The third-order valence-electron chi connectivity index (χ3n) is 4.07. The van der Waals surface area contributed by atoms with Crippen LogP contribution in [0.3, 0.4) is 0 Å². The zero-order valence-electron chi connectivity index (χ0n) is 13.6. The van der Waals surface area contributed by atoms with Gasteiger partial charge in [0.1, 0.15) is 0 Å². The SMILES string of the molecule is O=C(NC[C@@H]1C[C@@H](O)CN1C(=O)c1cncc(Cl)c1)c1cncc(Cl)c1. The van der Waals surface area contributed by atoms with E-state index in [1.54, 1.807) is 0 Å². The van der Waals surface area contributed by atoms with E-state index in [4.69, 9.17) is 23.2 Å². The molecular weight excluding hydrogens is 379 g/mol. The van der Waals surface area contributed by atoms with Crippen LogP contribution in [-0.4, -0.2) is 57.0 Å². The summed E-state index contributed by atoms with van der Waals surface area (Å²) >= 11 is 11.7. The minimum absolute atomic E-state index is 0.185. The molecule has 2 amide bonds. The Morgan fingerprint density at radius 2 is 1.73 bits per heavy atom. The molecule has 2 atom stereocenters. The lowest BCUT2D eigenvalue weighted by atomic mass is 10.1. The van der Waals surface area contributed by atoms with Crippen molar-refractivity contribution in [1.29, 1.82) is 0 Å². The van der Waals surface area contributed by atoms with Crippen LogP contribution in [0.4, 0.5) is 0 Å². The second kappa shape index (κ2) is 7.99. The van der Waals surface area contributed by atoms with Gasteiger partial charge in [0.05, 0.1) is 33.3 Å². The maximum atomic E-state index is 12.7. The number of pyridine rings is 2. The van der Waals surface area contributed by atoms with E-state index >= 15 is 0 Å². The lowest BCUT2D eigenvalue weighted by molar-refractivity contribution is 0.0707. The molecule has 7 nitrogen and oxygen atoms in total. The number of rotatable bonds is 4. The van der Waals surface area contributed by atoms with Gasteiger partial charge < -0.3 is 15.3 Å². The normalized spacial score (nSPS) is 19.4. The fourth-order valence-corrected chi connectivity index (χ4v) is 3.23. The van der Waals surface area contributed by atoms with Crippen LogP contribution in [0.15, 0.2) is 36.9 Å². The third kappa shape index (κ3) is 4.30. The molecule has 0 saturated carbocycles. The highest BCUT2D eigenvalue weighted by atomic mass is 35.5. The van der Waals surface area contributed by atoms with Crippen molar-refractivity contribution < 1.29 is 14.7 Å². The van der Waals surface area contributed by atoms with Crippen molar-refractivity contribution in [2.24, 2.45) is 0 Å². The van der Waals surface area contributed by atoms with Crippen LogP contribution >= 0.6 is 23.2 Å². The summed E-state index contributed by atoms with van der Waals surface area (Å²) in [6, 6.07) is 2.69. The van der Waals surface area contributed by atoms with Crippen LogP contribution in [0.2, 0.25) is 10.0 Å². The van der Waals surface area contributed by atoms with E-state index in [9.17, 15) is 14.7 Å². The van der Waals surface area contributed by atoms with Crippen molar-refractivity contribution in [2.45, 2.75) is 18.6 Å². The van der Waals surface area contributed by atoms with Gasteiger partial charge in [-0.25, -0.2) is 0 Å². The number of hydrogen-bond donors (Lipinski definition) is 2. The Hall–Kier alpha value is -2.22.